The van der Waals surface area contributed by atoms with Crippen molar-refractivity contribution in [3.8, 4) is 0 Å². The third kappa shape index (κ3) is 5.16. The number of amides is 2. The molecule has 0 bridgehead atoms. The van der Waals surface area contributed by atoms with E-state index >= 15 is 0 Å². The van der Waals surface area contributed by atoms with Crippen molar-refractivity contribution in [3.63, 3.8) is 0 Å². The van der Waals surface area contributed by atoms with Crippen LogP contribution in [0.2, 0.25) is 0 Å². The topological polar surface area (TPSA) is 124 Å². The van der Waals surface area contributed by atoms with Crippen LogP contribution in [-0.4, -0.2) is 72.8 Å². The number of hydrogen-bond donors (Lipinski definition) is 3. The van der Waals surface area contributed by atoms with Crippen molar-refractivity contribution in [2.24, 2.45) is 5.92 Å². The van der Waals surface area contributed by atoms with Crippen LogP contribution in [0.4, 0.5) is 4.79 Å². The maximum atomic E-state index is 12.1. The van der Waals surface area contributed by atoms with Crippen molar-refractivity contribution in [1.29, 1.82) is 0 Å². The van der Waals surface area contributed by atoms with Crippen molar-refractivity contribution in [2.45, 2.75) is 31.8 Å². The number of rotatable bonds is 6. The molecule has 0 spiro atoms. The summed E-state index contributed by atoms with van der Waals surface area (Å²) in [5.74, 6) is -1.45. The molecule has 8 nitrogen and oxygen atoms in total. The number of likely N-dealkylation sites (tertiary alicyclic amines) is 1. The Balaban J connectivity index is 2.66. The van der Waals surface area contributed by atoms with E-state index in [-0.39, 0.29) is 30.7 Å². The highest BCUT2D eigenvalue weighted by atomic mass is 32.2. The number of carboxylic acids is 1. The largest absolute Gasteiger partial charge is 0.480 e. The number of aliphatic hydroxyl groups is 1. The number of hydrogen-bond acceptors (Lipinski definition) is 5. The maximum Gasteiger partial charge on any atom is 0.326 e. The molecular weight excluding hydrogens is 300 g/mol. The van der Waals surface area contributed by atoms with Gasteiger partial charge in [0.1, 0.15) is 15.9 Å². The van der Waals surface area contributed by atoms with E-state index in [1.165, 1.54) is 4.90 Å². The number of carbonyl (C=O) groups excluding carboxylic acids is 1. The Morgan fingerprint density at radius 3 is 2.52 bits per heavy atom. The Bertz CT molecular complexity index is 492. The fourth-order valence-electron chi connectivity index (χ4n) is 2.36. The molecule has 122 valence electrons. The molecule has 21 heavy (non-hydrogen) atoms. The summed E-state index contributed by atoms with van der Waals surface area (Å²) >= 11 is 0. The van der Waals surface area contributed by atoms with Gasteiger partial charge in [0.15, 0.2) is 0 Å². The second kappa shape index (κ2) is 7.08. The molecule has 0 aromatic carbocycles. The summed E-state index contributed by atoms with van der Waals surface area (Å²) in [7, 11) is -3.30. The van der Waals surface area contributed by atoms with Crippen molar-refractivity contribution < 1.29 is 28.2 Å². The Morgan fingerprint density at radius 2 is 2.05 bits per heavy atom. The predicted molar refractivity (Wildman–Crippen MR) is 75.6 cm³/mol. The number of carbonyl (C=O) groups is 2. The molecule has 3 unspecified atom stereocenters. The second-order valence-corrected chi connectivity index (χ2v) is 7.73. The first-order chi connectivity index (χ1) is 9.65. The Labute approximate surface area is 124 Å². The molecule has 0 saturated carbocycles. The smallest absolute Gasteiger partial charge is 0.326 e. The van der Waals surface area contributed by atoms with Gasteiger partial charge >= 0.3 is 12.0 Å². The van der Waals surface area contributed by atoms with Gasteiger partial charge in [0.25, 0.3) is 0 Å². The van der Waals surface area contributed by atoms with E-state index in [0.29, 0.717) is 6.54 Å². The fourth-order valence-corrected chi connectivity index (χ4v) is 3.02. The highest BCUT2D eigenvalue weighted by Crippen LogP contribution is 2.23. The van der Waals surface area contributed by atoms with Crippen LogP contribution in [0.25, 0.3) is 0 Å². The van der Waals surface area contributed by atoms with Crippen LogP contribution in [0.5, 0.6) is 0 Å². The minimum Gasteiger partial charge on any atom is -0.480 e. The molecular formula is C12H22N2O6S. The summed E-state index contributed by atoms with van der Waals surface area (Å²) in [5, 5.41) is 20.7. The van der Waals surface area contributed by atoms with Crippen LogP contribution in [0.1, 0.15) is 19.8 Å². The van der Waals surface area contributed by atoms with Crippen LogP contribution >= 0.6 is 0 Å². The first kappa shape index (κ1) is 17.7. The highest BCUT2D eigenvalue weighted by Gasteiger charge is 2.35. The van der Waals surface area contributed by atoms with Crippen LogP contribution in [0.3, 0.4) is 0 Å². The van der Waals surface area contributed by atoms with E-state index in [1.807, 2.05) is 6.92 Å². The summed E-state index contributed by atoms with van der Waals surface area (Å²) in [5.41, 5.74) is 0. The molecule has 0 aromatic rings. The normalized spacial score (nSPS) is 23.9. The SMILES string of the molecule is CC1CCN(C(=O)NC(CCS(C)(=O)=O)C(=O)O)C1CO. The number of nitrogens with one attached hydrogen (secondary N) is 1. The average Bonchev–Trinajstić information content (AvgIpc) is 2.73. The summed E-state index contributed by atoms with van der Waals surface area (Å²) in [4.78, 5) is 24.6. The predicted octanol–water partition coefficient (Wildman–Crippen LogP) is -0.713. The molecule has 2 amide bonds. The van der Waals surface area contributed by atoms with E-state index in [1.54, 1.807) is 0 Å². The Hall–Kier alpha value is -1.35. The van der Waals surface area contributed by atoms with Crippen molar-refractivity contribution in [2.75, 3.05) is 25.2 Å². The van der Waals surface area contributed by atoms with Gasteiger partial charge < -0.3 is 20.4 Å². The lowest BCUT2D eigenvalue weighted by molar-refractivity contribution is -0.139. The molecule has 0 radical (unpaired) electrons. The lowest BCUT2D eigenvalue weighted by Crippen LogP contribution is -2.51. The summed E-state index contributed by atoms with van der Waals surface area (Å²) in [6.07, 6.45) is 1.56. The first-order valence-corrected chi connectivity index (χ1v) is 8.80. The molecule has 1 fully saturated rings. The van der Waals surface area contributed by atoms with Gasteiger partial charge in [-0.2, -0.15) is 0 Å². The van der Waals surface area contributed by atoms with Crippen molar-refractivity contribution in [1.82, 2.24) is 10.2 Å². The summed E-state index contributed by atoms with van der Waals surface area (Å²) < 4.78 is 22.2. The van der Waals surface area contributed by atoms with Crippen LogP contribution in [0.15, 0.2) is 0 Å². The van der Waals surface area contributed by atoms with Gasteiger partial charge in [0.05, 0.1) is 18.4 Å². The van der Waals surface area contributed by atoms with E-state index in [2.05, 4.69) is 5.32 Å². The number of aliphatic hydroxyl groups excluding tert-OH is 1. The van der Waals surface area contributed by atoms with Crippen molar-refractivity contribution >= 4 is 21.8 Å². The quantitative estimate of drug-likeness (QED) is 0.593. The van der Waals surface area contributed by atoms with Gasteiger partial charge in [-0.05, 0) is 18.8 Å². The zero-order chi connectivity index (χ0) is 16.2. The molecule has 1 aliphatic heterocycles. The van der Waals surface area contributed by atoms with Gasteiger partial charge in [0, 0.05) is 12.8 Å². The van der Waals surface area contributed by atoms with Gasteiger partial charge in [-0.3, -0.25) is 0 Å². The van der Waals surface area contributed by atoms with Crippen LogP contribution in [0, 0.1) is 5.92 Å². The lowest BCUT2D eigenvalue weighted by Gasteiger charge is -2.27. The first-order valence-electron chi connectivity index (χ1n) is 6.74. The zero-order valence-electron chi connectivity index (χ0n) is 12.2. The minimum atomic E-state index is -3.30. The Kier molecular flexibility index (Phi) is 5.97. The molecule has 9 heteroatoms. The van der Waals surface area contributed by atoms with E-state index < -0.39 is 27.9 Å². The van der Waals surface area contributed by atoms with Gasteiger partial charge in [0.2, 0.25) is 0 Å². The molecule has 0 aromatic heterocycles. The number of urea groups is 1. The van der Waals surface area contributed by atoms with Crippen molar-refractivity contribution in [3.05, 3.63) is 0 Å². The molecule has 3 atom stereocenters. The Morgan fingerprint density at radius 1 is 1.43 bits per heavy atom. The maximum absolute atomic E-state index is 12.1. The van der Waals surface area contributed by atoms with Crippen LogP contribution < -0.4 is 5.32 Å². The standard InChI is InChI=1S/C12H22N2O6S/c1-8-3-5-14(10(8)7-15)12(18)13-9(11(16)17)4-6-21(2,19)20/h8-10,15H,3-7H2,1-2H3,(H,13,18)(H,16,17). The van der Waals surface area contributed by atoms with Crippen LogP contribution in [-0.2, 0) is 14.6 Å². The third-order valence-corrected chi connectivity index (χ3v) is 4.68. The number of nitrogens with zero attached hydrogens (tertiary/aromatic N) is 1. The number of sulfone groups is 1. The average molecular weight is 322 g/mol. The molecule has 1 saturated heterocycles. The number of carboxylic acid groups (broad SMARTS) is 1. The molecule has 1 aliphatic rings. The molecule has 0 aliphatic carbocycles. The van der Waals surface area contributed by atoms with Gasteiger partial charge in [-0.15, -0.1) is 0 Å². The highest BCUT2D eigenvalue weighted by molar-refractivity contribution is 7.90. The lowest BCUT2D eigenvalue weighted by atomic mass is 10.0. The summed E-state index contributed by atoms with van der Waals surface area (Å²) in [6.45, 7) is 2.17. The second-order valence-electron chi connectivity index (χ2n) is 5.47. The van der Waals surface area contributed by atoms with E-state index in [0.717, 1.165) is 12.7 Å². The number of aliphatic carboxylic acids is 1. The third-order valence-electron chi connectivity index (χ3n) is 3.70. The molecule has 1 heterocycles. The fraction of sp³-hybridized carbons (Fsp3) is 0.833. The van der Waals surface area contributed by atoms with Gasteiger partial charge in [-0.1, -0.05) is 6.92 Å². The monoisotopic (exact) mass is 322 g/mol. The van der Waals surface area contributed by atoms with E-state index in [9.17, 15) is 23.1 Å². The molecule has 3 N–H and O–H groups in total. The summed E-state index contributed by atoms with van der Waals surface area (Å²) in [6, 6.07) is -2.18. The molecule has 1 rings (SSSR count). The zero-order valence-corrected chi connectivity index (χ0v) is 13.0. The van der Waals surface area contributed by atoms with Gasteiger partial charge in [-0.25, -0.2) is 18.0 Å². The minimum absolute atomic E-state index is 0.139. The van der Waals surface area contributed by atoms with E-state index in [4.69, 9.17) is 5.11 Å².